The summed E-state index contributed by atoms with van der Waals surface area (Å²) in [5.41, 5.74) is 0. The summed E-state index contributed by atoms with van der Waals surface area (Å²) in [6.07, 6.45) is 5.28. The molecule has 1 heterocycles. The van der Waals surface area contributed by atoms with Crippen LogP contribution in [-0.2, 0) is 4.74 Å². The lowest BCUT2D eigenvalue weighted by atomic mass is 9.81. The summed E-state index contributed by atoms with van der Waals surface area (Å²) in [6.45, 7) is 12.9. The van der Waals surface area contributed by atoms with Gasteiger partial charge < -0.3 is 4.74 Å². The molecule has 0 unspecified atom stereocenters. The third-order valence-electron chi connectivity index (χ3n) is 3.56. The minimum atomic E-state index is 0.383. The van der Waals surface area contributed by atoms with Gasteiger partial charge >= 0.3 is 0 Å². The van der Waals surface area contributed by atoms with E-state index in [1.807, 2.05) is 6.08 Å². The second-order valence-electron chi connectivity index (χ2n) is 4.83. The highest BCUT2D eigenvalue weighted by Crippen LogP contribution is 2.34. The molecule has 0 N–H and O–H groups in total. The molecular formula is C13H24O. The van der Waals surface area contributed by atoms with Gasteiger partial charge in [0.15, 0.2) is 0 Å². The van der Waals surface area contributed by atoms with E-state index >= 15 is 0 Å². The van der Waals surface area contributed by atoms with Crippen LogP contribution in [0.5, 0.6) is 0 Å². The molecule has 1 aliphatic heterocycles. The zero-order valence-electron chi connectivity index (χ0n) is 9.99. The molecule has 0 radical (unpaired) electrons. The Morgan fingerprint density at radius 3 is 2.57 bits per heavy atom. The Morgan fingerprint density at radius 1 is 1.43 bits per heavy atom. The van der Waals surface area contributed by atoms with E-state index in [1.165, 1.54) is 6.42 Å². The van der Waals surface area contributed by atoms with Crippen molar-refractivity contribution in [3.05, 3.63) is 12.7 Å². The van der Waals surface area contributed by atoms with Crippen molar-refractivity contribution in [1.29, 1.82) is 0 Å². The summed E-state index contributed by atoms with van der Waals surface area (Å²) in [5, 5.41) is 0. The second-order valence-corrected chi connectivity index (χ2v) is 4.83. The Bertz CT molecular complexity index is 188. The van der Waals surface area contributed by atoms with Crippen molar-refractivity contribution in [1.82, 2.24) is 0 Å². The minimum Gasteiger partial charge on any atom is -0.374 e. The first-order valence-corrected chi connectivity index (χ1v) is 5.88. The van der Waals surface area contributed by atoms with Crippen molar-refractivity contribution < 1.29 is 4.74 Å². The second kappa shape index (κ2) is 4.97. The van der Waals surface area contributed by atoms with E-state index in [4.69, 9.17) is 4.74 Å². The highest BCUT2D eigenvalue weighted by atomic mass is 16.5. The van der Waals surface area contributed by atoms with Crippen LogP contribution in [-0.4, -0.2) is 12.2 Å². The van der Waals surface area contributed by atoms with Crippen LogP contribution in [0.4, 0.5) is 0 Å². The molecule has 1 fully saturated rings. The molecule has 1 saturated heterocycles. The van der Waals surface area contributed by atoms with Crippen LogP contribution in [0.25, 0.3) is 0 Å². The van der Waals surface area contributed by atoms with E-state index in [0.717, 1.165) is 6.42 Å². The molecule has 0 aromatic carbocycles. The third-order valence-corrected chi connectivity index (χ3v) is 3.56. The highest BCUT2D eigenvalue weighted by molar-refractivity contribution is 4.89. The summed E-state index contributed by atoms with van der Waals surface area (Å²) in [5.74, 6) is 1.86. The van der Waals surface area contributed by atoms with Crippen LogP contribution < -0.4 is 0 Å². The van der Waals surface area contributed by atoms with Crippen LogP contribution in [0.2, 0.25) is 0 Å². The van der Waals surface area contributed by atoms with E-state index in [1.54, 1.807) is 0 Å². The lowest BCUT2D eigenvalue weighted by molar-refractivity contribution is -0.121. The fourth-order valence-electron chi connectivity index (χ4n) is 2.62. The monoisotopic (exact) mass is 196 g/mol. The molecule has 1 heteroatoms. The maximum atomic E-state index is 6.14. The van der Waals surface area contributed by atoms with Crippen molar-refractivity contribution >= 4 is 0 Å². The molecular weight excluding hydrogens is 172 g/mol. The van der Waals surface area contributed by atoms with E-state index < -0.39 is 0 Å². The van der Waals surface area contributed by atoms with Gasteiger partial charge in [-0.3, -0.25) is 0 Å². The van der Waals surface area contributed by atoms with Gasteiger partial charge in [-0.25, -0.2) is 0 Å². The Labute approximate surface area is 88.5 Å². The average Bonchev–Trinajstić information content (AvgIpc) is 2.17. The molecule has 1 rings (SSSR count). The highest BCUT2D eigenvalue weighted by Gasteiger charge is 2.34. The summed E-state index contributed by atoms with van der Waals surface area (Å²) in [7, 11) is 0. The van der Waals surface area contributed by atoms with Gasteiger partial charge in [-0.05, 0) is 24.7 Å². The SMILES string of the molecule is C=C[C@@H](C)[C@@H]1O[C@H](CC)[C@H](C)C[C@@H]1C. The predicted molar refractivity (Wildman–Crippen MR) is 61.3 cm³/mol. The van der Waals surface area contributed by atoms with E-state index in [-0.39, 0.29) is 0 Å². The van der Waals surface area contributed by atoms with Crippen molar-refractivity contribution in [2.24, 2.45) is 17.8 Å². The van der Waals surface area contributed by atoms with Gasteiger partial charge in [-0.1, -0.05) is 33.8 Å². The van der Waals surface area contributed by atoms with Crippen LogP contribution >= 0.6 is 0 Å². The Balaban J connectivity index is 2.63. The molecule has 1 nitrogen and oxygen atoms in total. The molecule has 0 amide bonds. The fourth-order valence-corrected chi connectivity index (χ4v) is 2.62. The zero-order valence-corrected chi connectivity index (χ0v) is 9.99. The van der Waals surface area contributed by atoms with Crippen molar-refractivity contribution in [3.8, 4) is 0 Å². The zero-order chi connectivity index (χ0) is 10.7. The van der Waals surface area contributed by atoms with Crippen LogP contribution in [0.3, 0.4) is 0 Å². The topological polar surface area (TPSA) is 9.23 Å². The van der Waals surface area contributed by atoms with Crippen molar-refractivity contribution in [3.63, 3.8) is 0 Å². The minimum absolute atomic E-state index is 0.383. The normalized spacial score (nSPS) is 40.6. The van der Waals surface area contributed by atoms with Gasteiger partial charge in [0.05, 0.1) is 12.2 Å². The van der Waals surface area contributed by atoms with E-state index in [0.29, 0.717) is 30.0 Å². The lowest BCUT2D eigenvalue weighted by Crippen LogP contribution is -2.41. The smallest absolute Gasteiger partial charge is 0.0664 e. The first-order valence-electron chi connectivity index (χ1n) is 5.88. The molecule has 0 aliphatic carbocycles. The molecule has 0 bridgehead atoms. The van der Waals surface area contributed by atoms with Gasteiger partial charge in [-0.2, -0.15) is 0 Å². The van der Waals surface area contributed by atoms with E-state index in [2.05, 4.69) is 34.3 Å². The van der Waals surface area contributed by atoms with Crippen molar-refractivity contribution in [2.45, 2.75) is 52.7 Å². The molecule has 0 aromatic heterocycles. The number of hydrogen-bond donors (Lipinski definition) is 0. The quantitative estimate of drug-likeness (QED) is 0.626. The van der Waals surface area contributed by atoms with Gasteiger partial charge in [0.2, 0.25) is 0 Å². The maximum absolute atomic E-state index is 6.14. The molecule has 0 aromatic rings. The van der Waals surface area contributed by atoms with Gasteiger partial charge in [0.25, 0.3) is 0 Å². The Morgan fingerprint density at radius 2 is 2.07 bits per heavy atom. The Hall–Kier alpha value is -0.300. The first kappa shape index (κ1) is 11.8. The molecule has 0 spiro atoms. The lowest BCUT2D eigenvalue weighted by Gasteiger charge is -2.41. The fraction of sp³-hybridized carbons (Fsp3) is 0.846. The van der Waals surface area contributed by atoms with E-state index in [9.17, 15) is 0 Å². The number of rotatable bonds is 3. The average molecular weight is 196 g/mol. The van der Waals surface area contributed by atoms with Crippen LogP contribution in [0.1, 0.15) is 40.5 Å². The summed E-state index contributed by atoms with van der Waals surface area (Å²) in [6, 6.07) is 0. The molecule has 14 heavy (non-hydrogen) atoms. The third kappa shape index (κ3) is 2.38. The number of ether oxygens (including phenoxy) is 1. The van der Waals surface area contributed by atoms with Gasteiger partial charge in [-0.15, -0.1) is 6.58 Å². The van der Waals surface area contributed by atoms with Crippen molar-refractivity contribution in [2.75, 3.05) is 0 Å². The molecule has 1 aliphatic rings. The summed E-state index contributed by atoms with van der Waals surface area (Å²) >= 11 is 0. The molecule has 5 atom stereocenters. The Kier molecular flexibility index (Phi) is 4.18. The number of hydrogen-bond acceptors (Lipinski definition) is 1. The van der Waals surface area contributed by atoms with Crippen LogP contribution in [0, 0.1) is 17.8 Å². The molecule has 82 valence electrons. The predicted octanol–water partition coefficient (Wildman–Crippen LogP) is 3.65. The maximum Gasteiger partial charge on any atom is 0.0664 e. The molecule has 0 saturated carbocycles. The van der Waals surface area contributed by atoms with Gasteiger partial charge in [0, 0.05) is 5.92 Å². The van der Waals surface area contributed by atoms with Crippen LogP contribution in [0.15, 0.2) is 12.7 Å². The first-order chi connectivity index (χ1) is 6.60. The summed E-state index contributed by atoms with van der Waals surface area (Å²) < 4.78 is 6.14. The standard InChI is InChI=1S/C13H24O/c1-6-9(3)13-11(5)8-10(4)12(7-2)14-13/h6,9-13H,1,7-8H2,2-5H3/t9-,10-,11+,12-,13+/m1/s1. The largest absolute Gasteiger partial charge is 0.374 e. The van der Waals surface area contributed by atoms with Gasteiger partial charge in [0.1, 0.15) is 0 Å². The summed E-state index contributed by atoms with van der Waals surface area (Å²) in [4.78, 5) is 0.